The van der Waals surface area contributed by atoms with Crippen molar-refractivity contribution in [2.45, 2.75) is 44.9 Å². The Balaban J connectivity index is 1.33. The normalized spacial score (nSPS) is 14.2. The monoisotopic (exact) mass is 393 g/mol. The molecule has 2 aromatic rings. The van der Waals surface area contributed by atoms with Crippen molar-refractivity contribution in [3.8, 4) is 0 Å². The van der Waals surface area contributed by atoms with Gasteiger partial charge in [0.1, 0.15) is 0 Å². The van der Waals surface area contributed by atoms with Crippen LogP contribution in [0.4, 0.5) is 11.4 Å². The SMILES string of the molecule is O=C(CCNC(=O)C1CCCCC1)Nc1ccc(NCCc2ccccc2)cc1. The predicted molar refractivity (Wildman–Crippen MR) is 118 cm³/mol. The Morgan fingerprint density at radius 3 is 2.24 bits per heavy atom. The lowest BCUT2D eigenvalue weighted by atomic mass is 9.89. The first-order chi connectivity index (χ1) is 14.2. The van der Waals surface area contributed by atoms with Gasteiger partial charge in [0.2, 0.25) is 11.8 Å². The van der Waals surface area contributed by atoms with Gasteiger partial charge in [-0.3, -0.25) is 9.59 Å². The molecule has 5 nitrogen and oxygen atoms in total. The van der Waals surface area contributed by atoms with Gasteiger partial charge in [0, 0.05) is 36.8 Å². The summed E-state index contributed by atoms with van der Waals surface area (Å²) in [6.45, 7) is 1.25. The number of carbonyl (C=O) groups is 2. The Morgan fingerprint density at radius 2 is 1.52 bits per heavy atom. The lowest BCUT2D eigenvalue weighted by Crippen LogP contribution is -2.34. The van der Waals surface area contributed by atoms with Gasteiger partial charge >= 0.3 is 0 Å². The van der Waals surface area contributed by atoms with Crippen molar-refractivity contribution in [1.82, 2.24) is 5.32 Å². The summed E-state index contributed by atoms with van der Waals surface area (Å²) in [6.07, 6.45) is 6.70. The summed E-state index contributed by atoms with van der Waals surface area (Å²) in [4.78, 5) is 24.2. The fourth-order valence-electron chi connectivity index (χ4n) is 3.70. The number of hydrogen-bond donors (Lipinski definition) is 3. The molecule has 0 unspecified atom stereocenters. The molecule has 1 fully saturated rings. The van der Waals surface area contributed by atoms with Crippen molar-refractivity contribution in [1.29, 1.82) is 0 Å². The van der Waals surface area contributed by atoms with Crippen LogP contribution in [0.5, 0.6) is 0 Å². The Hall–Kier alpha value is -2.82. The zero-order valence-electron chi connectivity index (χ0n) is 17.0. The predicted octanol–water partition coefficient (Wildman–Crippen LogP) is 4.37. The van der Waals surface area contributed by atoms with Crippen LogP contribution >= 0.6 is 0 Å². The van der Waals surface area contributed by atoms with Crippen LogP contribution in [0, 0.1) is 5.92 Å². The summed E-state index contributed by atoms with van der Waals surface area (Å²) in [6, 6.07) is 18.1. The Bertz CT molecular complexity index is 768. The molecule has 0 atom stereocenters. The summed E-state index contributed by atoms with van der Waals surface area (Å²) in [7, 11) is 0. The number of hydrogen-bond acceptors (Lipinski definition) is 3. The smallest absolute Gasteiger partial charge is 0.226 e. The summed E-state index contributed by atoms with van der Waals surface area (Å²) in [5, 5.41) is 9.18. The summed E-state index contributed by atoms with van der Waals surface area (Å²) >= 11 is 0. The molecule has 0 aliphatic heterocycles. The first kappa shape index (κ1) is 20.9. The summed E-state index contributed by atoms with van der Waals surface area (Å²) < 4.78 is 0. The third-order valence-electron chi connectivity index (χ3n) is 5.38. The maximum absolute atomic E-state index is 12.1. The van der Waals surface area contributed by atoms with Gasteiger partial charge in [-0.2, -0.15) is 0 Å². The fourth-order valence-corrected chi connectivity index (χ4v) is 3.70. The van der Waals surface area contributed by atoms with Crippen molar-refractivity contribution >= 4 is 23.2 Å². The van der Waals surface area contributed by atoms with Crippen molar-refractivity contribution in [3.05, 3.63) is 60.2 Å². The largest absolute Gasteiger partial charge is 0.385 e. The van der Waals surface area contributed by atoms with E-state index in [2.05, 4.69) is 28.1 Å². The maximum Gasteiger partial charge on any atom is 0.226 e. The van der Waals surface area contributed by atoms with E-state index < -0.39 is 0 Å². The Kier molecular flexibility index (Phi) is 8.11. The molecule has 0 aromatic heterocycles. The highest BCUT2D eigenvalue weighted by Crippen LogP contribution is 2.23. The number of benzene rings is 2. The minimum absolute atomic E-state index is 0.0845. The summed E-state index contributed by atoms with van der Waals surface area (Å²) in [5.41, 5.74) is 3.10. The van der Waals surface area contributed by atoms with E-state index in [0.717, 1.165) is 50.0 Å². The van der Waals surface area contributed by atoms with E-state index in [-0.39, 0.29) is 24.2 Å². The number of anilines is 2. The van der Waals surface area contributed by atoms with Crippen LogP contribution in [-0.2, 0) is 16.0 Å². The highest BCUT2D eigenvalue weighted by molar-refractivity contribution is 5.91. The second-order valence-electron chi connectivity index (χ2n) is 7.66. The zero-order valence-corrected chi connectivity index (χ0v) is 17.0. The topological polar surface area (TPSA) is 70.2 Å². The molecule has 1 saturated carbocycles. The van der Waals surface area contributed by atoms with Crippen LogP contribution in [0.1, 0.15) is 44.1 Å². The van der Waals surface area contributed by atoms with Gasteiger partial charge < -0.3 is 16.0 Å². The molecular weight excluding hydrogens is 362 g/mol. The van der Waals surface area contributed by atoms with Gasteiger partial charge in [0.25, 0.3) is 0 Å². The van der Waals surface area contributed by atoms with E-state index in [1.165, 1.54) is 12.0 Å². The average Bonchev–Trinajstić information content (AvgIpc) is 2.76. The Labute approximate surface area is 173 Å². The third-order valence-corrected chi connectivity index (χ3v) is 5.38. The van der Waals surface area contributed by atoms with Crippen molar-refractivity contribution in [2.24, 2.45) is 5.92 Å². The quantitative estimate of drug-likeness (QED) is 0.593. The van der Waals surface area contributed by atoms with E-state index in [0.29, 0.717) is 6.54 Å². The molecule has 0 heterocycles. The van der Waals surface area contributed by atoms with Crippen LogP contribution in [0.25, 0.3) is 0 Å². The number of carbonyl (C=O) groups excluding carboxylic acids is 2. The van der Waals surface area contributed by atoms with Crippen molar-refractivity contribution in [3.63, 3.8) is 0 Å². The molecule has 3 rings (SSSR count). The maximum atomic E-state index is 12.1. The lowest BCUT2D eigenvalue weighted by molar-refractivity contribution is -0.126. The van der Waals surface area contributed by atoms with Crippen LogP contribution in [0.3, 0.4) is 0 Å². The van der Waals surface area contributed by atoms with Crippen LogP contribution in [-0.4, -0.2) is 24.9 Å². The zero-order chi connectivity index (χ0) is 20.3. The van der Waals surface area contributed by atoms with E-state index in [9.17, 15) is 9.59 Å². The Morgan fingerprint density at radius 1 is 0.828 bits per heavy atom. The van der Waals surface area contributed by atoms with Crippen LogP contribution in [0.2, 0.25) is 0 Å². The molecule has 2 aromatic carbocycles. The molecule has 0 spiro atoms. The third kappa shape index (κ3) is 7.26. The molecule has 5 heteroatoms. The second-order valence-corrected chi connectivity index (χ2v) is 7.66. The van der Waals surface area contributed by atoms with Gasteiger partial charge in [-0.1, -0.05) is 49.6 Å². The van der Waals surface area contributed by atoms with Gasteiger partial charge in [0.15, 0.2) is 0 Å². The highest BCUT2D eigenvalue weighted by Gasteiger charge is 2.20. The standard InChI is InChI=1S/C24H31N3O2/c28-23(16-18-26-24(29)20-9-5-2-6-10-20)27-22-13-11-21(12-14-22)25-17-15-19-7-3-1-4-8-19/h1,3-4,7-8,11-14,20,25H,2,5-6,9-10,15-18H2,(H,26,29)(H,27,28). The second kappa shape index (κ2) is 11.2. The first-order valence-electron chi connectivity index (χ1n) is 10.7. The van der Waals surface area contributed by atoms with E-state index in [1.807, 2.05) is 42.5 Å². The molecule has 0 radical (unpaired) electrons. The molecule has 154 valence electrons. The van der Waals surface area contributed by atoms with Gasteiger partial charge in [-0.05, 0) is 49.1 Å². The fraction of sp³-hybridized carbons (Fsp3) is 0.417. The molecule has 0 saturated heterocycles. The van der Waals surface area contributed by atoms with Gasteiger partial charge in [0.05, 0.1) is 0 Å². The summed E-state index contributed by atoms with van der Waals surface area (Å²) in [5.74, 6) is 0.149. The van der Waals surface area contributed by atoms with E-state index in [1.54, 1.807) is 0 Å². The van der Waals surface area contributed by atoms with Gasteiger partial charge in [-0.25, -0.2) is 0 Å². The molecule has 1 aliphatic carbocycles. The molecule has 0 bridgehead atoms. The molecule has 1 aliphatic rings. The van der Waals surface area contributed by atoms with Gasteiger partial charge in [-0.15, -0.1) is 0 Å². The highest BCUT2D eigenvalue weighted by atomic mass is 16.2. The lowest BCUT2D eigenvalue weighted by Gasteiger charge is -2.20. The molecule has 29 heavy (non-hydrogen) atoms. The number of amides is 2. The minimum Gasteiger partial charge on any atom is -0.385 e. The molecule has 3 N–H and O–H groups in total. The van der Waals surface area contributed by atoms with Crippen molar-refractivity contribution in [2.75, 3.05) is 23.7 Å². The average molecular weight is 394 g/mol. The first-order valence-corrected chi connectivity index (χ1v) is 10.7. The van der Waals surface area contributed by atoms with Crippen molar-refractivity contribution < 1.29 is 9.59 Å². The number of rotatable bonds is 9. The number of nitrogens with one attached hydrogen (secondary N) is 3. The van der Waals surface area contributed by atoms with E-state index >= 15 is 0 Å². The van der Waals surface area contributed by atoms with Crippen LogP contribution < -0.4 is 16.0 Å². The minimum atomic E-state index is -0.0845. The molecule has 2 amide bonds. The van der Waals surface area contributed by atoms with Crippen LogP contribution in [0.15, 0.2) is 54.6 Å². The van der Waals surface area contributed by atoms with E-state index in [4.69, 9.17) is 0 Å². The molecular formula is C24H31N3O2.